The van der Waals surface area contributed by atoms with Crippen molar-refractivity contribution in [2.75, 3.05) is 37.6 Å². The Morgan fingerprint density at radius 2 is 2.27 bits per heavy atom. The van der Waals surface area contributed by atoms with Gasteiger partial charge >= 0.3 is 0 Å². The van der Waals surface area contributed by atoms with Crippen LogP contribution in [0.4, 0.5) is 5.82 Å². The normalized spacial score (nSPS) is 17.5. The van der Waals surface area contributed by atoms with Crippen LogP contribution in [0.15, 0.2) is 23.3 Å². The summed E-state index contributed by atoms with van der Waals surface area (Å²) < 4.78 is 0. The number of guanidine groups is 1. The van der Waals surface area contributed by atoms with Gasteiger partial charge in [-0.15, -0.1) is 0 Å². The first-order chi connectivity index (χ1) is 12.5. The zero-order valence-corrected chi connectivity index (χ0v) is 16.5. The minimum Gasteiger partial charge on any atom is -0.357 e. The molecule has 0 bridgehead atoms. The molecule has 1 amide bonds. The van der Waals surface area contributed by atoms with Crippen molar-refractivity contribution < 1.29 is 4.79 Å². The highest BCUT2D eigenvalue weighted by Crippen LogP contribution is 2.25. The second-order valence-electron chi connectivity index (χ2n) is 6.59. The smallest absolute Gasteiger partial charge is 0.222 e. The monoisotopic (exact) mass is 380 g/mol. The summed E-state index contributed by atoms with van der Waals surface area (Å²) in [6.45, 7) is 9.38. The fourth-order valence-electron chi connectivity index (χ4n) is 2.74. The van der Waals surface area contributed by atoms with E-state index in [1.54, 1.807) is 6.20 Å². The number of anilines is 1. The van der Waals surface area contributed by atoms with Gasteiger partial charge in [0.05, 0.1) is 11.6 Å². The van der Waals surface area contributed by atoms with Crippen LogP contribution < -0.4 is 20.9 Å². The molecule has 0 saturated carbocycles. The Kier molecular flexibility index (Phi) is 7.97. The van der Waals surface area contributed by atoms with Crippen molar-refractivity contribution in [2.24, 2.45) is 10.9 Å². The molecule has 26 heavy (non-hydrogen) atoms. The Morgan fingerprint density at radius 1 is 1.46 bits per heavy atom. The average Bonchev–Trinajstić information content (AvgIpc) is 3.07. The molecule has 0 aromatic carbocycles. The lowest BCUT2D eigenvalue weighted by molar-refractivity contribution is -0.123. The highest BCUT2D eigenvalue weighted by atomic mass is 35.5. The molecule has 0 spiro atoms. The van der Waals surface area contributed by atoms with Crippen molar-refractivity contribution >= 4 is 29.3 Å². The minimum absolute atomic E-state index is 0.00627. The van der Waals surface area contributed by atoms with Crippen LogP contribution in [-0.2, 0) is 4.79 Å². The molecule has 1 aliphatic heterocycles. The molecule has 1 fully saturated rings. The largest absolute Gasteiger partial charge is 0.357 e. The first kappa shape index (κ1) is 20.3. The van der Waals surface area contributed by atoms with Crippen molar-refractivity contribution in [1.82, 2.24) is 20.9 Å². The summed E-state index contributed by atoms with van der Waals surface area (Å²) in [7, 11) is 0. The molecule has 2 rings (SSSR count). The number of amides is 1. The summed E-state index contributed by atoms with van der Waals surface area (Å²) in [6.07, 6.45) is 2.75. The summed E-state index contributed by atoms with van der Waals surface area (Å²) in [5, 5.41) is 10.3. The molecule has 3 N–H and O–H groups in total. The SMILES string of the molecule is CCNC(=NCCNC(=O)C(C)C)NC1CCN(c2ncccc2Cl)C1. The number of nitrogens with zero attached hydrogens (tertiary/aromatic N) is 3. The van der Waals surface area contributed by atoms with E-state index >= 15 is 0 Å². The summed E-state index contributed by atoms with van der Waals surface area (Å²) in [6, 6.07) is 3.98. The highest BCUT2D eigenvalue weighted by Gasteiger charge is 2.25. The predicted octanol–water partition coefficient (Wildman–Crippen LogP) is 1.64. The van der Waals surface area contributed by atoms with Crippen LogP contribution in [0.2, 0.25) is 5.02 Å². The molecule has 2 heterocycles. The lowest BCUT2D eigenvalue weighted by atomic mass is 10.2. The van der Waals surface area contributed by atoms with E-state index in [0.29, 0.717) is 18.1 Å². The molecular formula is C18H29ClN6O. The number of carbonyl (C=O) groups excluding carboxylic acids is 1. The molecule has 1 atom stereocenters. The van der Waals surface area contributed by atoms with Crippen LogP contribution in [0.1, 0.15) is 27.2 Å². The van der Waals surface area contributed by atoms with E-state index in [1.165, 1.54) is 0 Å². The molecule has 1 saturated heterocycles. The zero-order valence-electron chi connectivity index (χ0n) is 15.8. The number of pyridine rings is 1. The zero-order chi connectivity index (χ0) is 18.9. The molecule has 8 heteroatoms. The topological polar surface area (TPSA) is 81.6 Å². The van der Waals surface area contributed by atoms with Crippen molar-refractivity contribution in [3.8, 4) is 0 Å². The van der Waals surface area contributed by atoms with E-state index in [1.807, 2.05) is 32.9 Å². The van der Waals surface area contributed by atoms with E-state index < -0.39 is 0 Å². The Morgan fingerprint density at radius 3 is 2.96 bits per heavy atom. The number of rotatable bonds is 7. The lowest BCUT2D eigenvalue weighted by Gasteiger charge is -2.20. The molecule has 1 aliphatic rings. The third-order valence-electron chi connectivity index (χ3n) is 4.12. The van der Waals surface area contributed by atoms with E-state index in [-0.39, 0.29) is 17.9 Å². The number of hydrogen-bond acceptors (Lipinski definition) is 4. The number of nitrogens with one attached hydrogen (secondary N) is 3. The van der Waals surface area contributed by atoms with E-state index in [2.05, 4.69) is 30.8 Å². The maximum atomic E-state index is 11.6. The van der Waals surface area contributed by atoms with Crippen LogP contribution >= 0.6 is 11.6 Å². The van der Waals surface area contributed by atoms with Gasteiger partial charge in [0, 0.05) is 44.3 Å². The second-order valence-corrected chi connectivity index (χ2v) is 7.00. The number of carbonyl (C=O) groups is 1. The van der Waals surface area contributed by atoms with Gasteiger partial charge in [0.1, 0.15) is 5.82 Å². The van der Waals surface area contributed by atoms with Gasteiger partial charge in [-0.1, -0.05) is 25.4 Å². The van der Waals surface area contributed by atoms with Gasteiger partial charge < -0.3 is 20.9 Å². The minimum atomic E-state index is -0.00627. The molecule has 144 valence electrons. The Hall–Kier alpha value is -2.02. The third-order valence-corrected chi connectivity index (χ3v) is 4.41. The number of aromatic nitrogens is 1. The lowest BCUT2D eigenvalue weighted by Crippen LogP contribution is -2.45. The van der Waals surface area contributed by atoms with Gasteiger partial charge in [-0.25, -0.2) is 4.98 Å². The first-order valence-corrected chi connectivity index (χ1v) is 9.57. The highest BCUT2D eigenvalue weighted by molar-refractivity contribution is 6.32. The predicted molar refractivity (Wildman–Crippen MR) is 107 cm³/mol. The molecular weight excluding hydrogens is 352 g/mol. The fraction of sp³-hybridized carbons (Fsp3) is 0.611. The standard InChI is InChI=1S/C18H29ClN6O/c1-4-20-18(23-10-9-22-17(26)13(2)3)24-14-7-11-25(12-14)16-15(19)6-5-8-21-16/h5-6,8,13-14H,4,7,9-12H2,1-3H3,(H,22,26)(H2,20,23,24). The molecule has 0 aliphatic carbocycles. The molecule has 1 aromatic rings. The van der Waals surface area contributed by atoms with Crippen LogP contribution in [0.3, 0.4) is 0 Å². The van der Waals surface area contributed by atoms with Crippen LogP contribution in [0.25, 0.3) is 0 Å². The van der Waals surface area contributed by atoms with Gasteiger partial charge in [-0.05, 0) is 25.5 Å². The second kappa shape index (κ2) is 10.2. The molecule has 1 unspecified atom stereocenters. The van der Waals surface area contributed by atoms with Gasteiger partial charge in [0.25, 0.3) is 0 Å². The average molecular weight is 381 g/mol. The van der Waals surface area contributed by atoms with E-state index in [9.17, 15) is 4.79 Å². The van der Waals surface area contributed by atoms with Gasteiger partial charge in [-0.3, -0.25) is 9.79 Å². The van der Waals surface area contributed by atoms with Gasteiger partial charge in [0.15, 0.2) is 5.96 Å². The quantitative estimate of drug-likeness (QED) is 0.380. The van der Waals surface area contributed by atoms with Crippen molar-refractivity contribution in [1.29, 1.82) is 0 Å². The summed E-state index contributed by atoms with van der Waals surface area (Å²) in [4.78, 5) is 22.7. The third kappa shape index (κ3) is 6.05. The number of hydrogen-bond donors (Lipinski definition) is 3. The molecule has 0 radical (unpaired) electrons. The van der Waals surface area contributed by atoms with Crippen LogP contribution in [0.5, 0.6) is 0 Å². The number of halogens is 1. The van der Waals surface area contributed by atoms with E-state index in [0.717, 1.165) is 37.8 Å². The first-order valence-electron chi connectivity index (χ1n) is 9.19. The summed E-state index contributed by atoms with van der Waals surface area (Å²) in [5.74, 6) is 1.65. The fourth-order valence-corrected chi connectivity index (χ4v) is 2.99. The van der Waals surface area contributed by atoms with Crippen molar-refractivity contribution in [2.45, 2.75) is 33.2 Å². The van der Waals surface area contributed by atoms with Gasteiger partial charge in [0.2, 0.25) is 5.91 Å². The Balaban J connectivity index is 1.85. The number of aliphatic imine (C=N–C) groups is 1. The maximum Gasteiger partial charge on any atom is 0.222 e. The Bertz CT molecular complexity index is 621. The molecule has 7 nitrogen and oxygen atoms in total. The van der Waals surface area contributed by atoms with Crippen LogP contribution in [0, 0.1) is 5.92 Å². The van der Waals surface area contributed by atoms with Crippen molar-refractivity contribution in [3.05, 3.63) is 23.4 Å². The van der Waals surface area contributed by atoms with Gasteiger partial charge in [-0.2, -0.15) is 0 Å². The van der Waals surface area contributed by atoms with Crippen molar-refractivity contribution in [3.63, 3.8) is 0 Å². The summed E-state index contributed by atoms with van der Waals surface area (Å²) in [5.41, 5.74) is 0. The Labute approximate surface area is 160 Å². The van der Waals surface area contributed by atoms with E-state index in [4.69, 9.17) is 11.6 Å². The maximum absolute atomic E-state index is 11.6. The van der Waals surface area contributed by atoms with Crippen LogP contribution in [-0.4, -0.2) is 55.6 Å². The summed E-state index contributed by atoms with van der Waals surface area (Å²) >= 11 is 6.24. The molecule has 1 aromatic heterocycles.